The zero-order chi connectivity index (χ0) is 13.8. The van der Waals surface area contributed by atoms with E-state index < -0.39 is 4.92 Å². The molecule has 0 atom stereocenters. The molecule has 98 valence electrons. The number of nitrogens with zero attached hydrogens (tertiary/aromatic N) is 1. The van der Waals surface area contributed by atoms with E-state index in [1.54, 1.807) is 24.3 Å². The van der Waals surface area contributed by atoms with Crippen molar-refractivity contribution in [1.29, 1.82) is 0 Å². The highest BCUT2D eigenvalue weighted by Crippen LogP contribution is 2.33. The molecule has 2 aromatic rings. The first-order valence-electron chi connectivity index (χ1n) is 5.37. The summed E-state index contributed by atoms with van der Waals surface area (Å²) in [5.41, 5.74) is 0.512. The fraction of sp³-hybridized carbons (Fsp3) is 0.0769. The number of benzene rings is 2. The Morgan fingerprint density at radius 1 is 1.16 bits per heavy atom. The normalized spacial score (nSPS) is 10.2. The standard InChI is InChI=1S/C13H9Cl2NO3/c14-8-9-7-10(16(17)18)5-6-12(9)19-13-4-2-1-3-11(13)15/h1-7H,8H2. The average molecular weight is 298 g/mol. The van der Waals surface area contributed by atoms with Gasteiger partial charge in [0, 0.05) is 17.7 Å². The first-order chi connectivity index (χ1) is 9.11. The second-order valence-corrected chi connectivity index (χ2v) is 4.39. The van der Waals surface area contributed by atoms with E-state index in [0.717, 1.165) is 0 Å². The highest BCUT2D eigenvalue weighted by atomic mass is 35.5. The van der Waals surface area contributed by atoms with Crippen LogP contribution in [0.15, 0.2) is 42.5 Å². The van der Waals surface area contributed by atoms with Gasteiger partial charge in [0.05, 0.1) is 15.8 Å². The van der Waals surface area contributed by atoms with E-state index in [1.165, 1.54) is 18.2 Å². The zero-order valence-electron chi connectivity index (χ0n) is 9.68. The minimum Gasteiger partial charge on any atom is -0.455 e. The van der Waals surface area contributed by atoms with Gasteiger partial charge in [-0.25, -0.2) is 0 Å². The van der Waals surface area contributed by atoms with Crippen molar-refractivity contribution in [3.8, 4) is 11.5 Å². The number of hydrogen-bond acceptors (Lipinski definition) is 3. The number of non-ortho nitro benzene ring substituents is 1. The fourth-order valence-electron chi connectivity index (χ4n) is 1.53. The summed E-state index contributed by atoms with van der Waals surface area (Å²) in [5.74, 6) is 1.04. The Morgan fingerprint density at radius 3 is 2.53 bits per heavy atom. The molecule has 0 spiro atoms. The van der Waals surface area contributed by atoms with Gasteiger partial charge in [0.2, 0.25) is 0 Å². The number of nitro groups is 1. The van der Waals surface area contributed by atoms with Gasteiger partial charge < -0.3 is 4.74 Å². The maximum atomic E-state index is 10.7. The molecule has 0 aromatic heterocycles. The molecule has 0 unspecified atom stereocenters. The maximum Gasteiger partial charge on any atom is 0.270 e. The zero-order valence-corrected chi connectivity index (χ0v) is 11.2. The molecule has 0 heterocycles. The van der Waals surface area contributed by atoms with Crippen molar-refractivity contribution in [2.24, 2.45) is 0 Å². The largest absolute Gasteiger partial charge is 0.455 e. The summed E-state index contributed by atoms with van der Waals surface area (Å²) in [5, 5.41) is 11.2. The topological polar surface area (TPSA) is 52.4 Å². The molecule has 0 N–H and O–H groups in total. The van der Waals surface area contributed by atoms with E-state index in [1.807, 2.05) is 0 Å². The number of nitro benzene ring substituents is 1. The lowest BCUT2D eigenvalue weighted by atomic mass is 10.2. The van der Waals surface area contributed by atoms with E-state index in [0.29, 0.717) is 22.1 Å². The molecule has 2 aromatic carbocycles. The monoisotopic (exact) mass is 297 g/mol. The first-order valence-corrected chi connectivity index (χ1v) is 6.28. The molecule has 0 saturated heterocycles. The van der Waals surface area contributed by atoms with Crippen LogP contribution in [0, 0.1) is 10.1 Å². The molecule has 19 heavy (non-hydrogen) atoms. The molecule has 0 aliphatic heterocycles. The summed E-state index contributed by atoms with van der Waals surface area (Å²) in [6, 6.07) is 11.2. The Morgan fingerprint density at radius 2 is 1.89 bits per heavy atom. The number of rotatable bonds is 4. The van der Waals surface area contributed by atoms with Gasteiger partial charge in [-0.05, 0) is 18.2 Å². The van der Waals surface area contributed by atoms with Crippen LogP contribution in [-0.4, -0.2) is 4.92 Å². The Labute approximate surface area is 119 Å². The van der Waals surface area contributed by atoms with E-state index in [-0.39, 0.29) is 11.6 Å². The molecule has 4 nitrogen and oxygen atoms in total. The highest BCUT2D eigenvalue weighted by molar-refractivity contribution is 6.32. The van der Waals surface area contributed by atoms with Crippen LogP contribution in [-0.2, 0) is 5.88 Å². The first kappa shape index (κ1) is 13.6. The second kappa shape index (κ2) is 5.91. The molecule has 2 rings (SSSR count). The van der Waals surface area contributed by atoms with Gasteiger partial charge in [-0.2, -0.15) is 0 Å². The lowest BCUT2D eigenvalue weighted by molar-refractivity contribution is -0.384. The van der Waals surface area contributed by atoms with Crippen LogP contribution in [0.4, 0.5) is 5.69 Å². The quantitative estimate of drug-likeness (QED) is 0.463. The maximum absolute atomic E-state index is 10.7. The van der Waals surface area contributed by atoms with Crippen molar-refractivity contribution in [3.63, 3.8) is 0 Å². The third-order valence-electron chi connectivity index (χ3n) is 2.46. The minimum absolute atomic E-state index is 0.0258. The lowest BCUT2D eigenvalue weighted by Gasteiger charge is -2.10. The van der Waals surface area contributed by atoms with Crippen LogP contribution >= 0.6 is 23.2 Å². The van der Waals surface area contributed by atoms with Crippen LogP contribution < -0.4 is 4.74 Å². The number of alkyl halides is 1. The van der Waals surface area contributed by atoms with Crippen molar-refractivity contribution in [2.75, 3.05) is 0 Å². The van der Waals surface area contributed by atoms with Crippen molar-refractivity contribution in [2.45, 2.75) is 5.88 Å². The van der Waals surface area contributed by atoms with Crippen molar-refractivity contribution in [3.05, 3.63) is 63.2 Å². The lowest BCUT2D eigenvalue weighted by Crippen LogP contribution is -1.93. The molecular formula is C13H9Cl2NO3. The molecule has 6 heteroatoms. The van der Waals surface area contributed by atoms with Crippen molar-refractivity contribution < 1.29 is 9.66 Å². The Bertz CT molecular complexity index is 617. The van der Waals surface area contributed by atoms with Crippen LogP contribution in [0.5, 0.6) is 11.5 Å². The van der Waals surface area contributed by atoms with Crippen LogP contribution in [0.2, 0.25) is 5.02 Å². The molecule has 0 aliphatic carbocycles. The van der Waals surface area contributed by atoms with E-state index >= 15 is 0 Å². The summed E-state index contributed by atoms with van der Waals surface area (Å²) >= 11 is 11.8. The van der Waals surface area contributed by atoms with Gasteiger partial charge in [0.15, 0.2) is 0 Å². The van der Waals surface area contributed by atoms with Crippen LogP contribution in [0.25, 0.3) is 0 Å². The number of hydrogen-bond donors (Lipinski definition) is 0. The van der Waals surface area contributed by atoms with Crippen LogP contribution in [0.1, 0.15) is 5.56 Å². The van der Waals surface area contributed by atoms with E-state index in [9.17, 15) is 10.1 Å². The highest BCUT2D eigenvalue weighted by Gasteiger charge is 2.12. The van der Waals surface area contributed by atoms with Crippen molar-refractivity contribution >= 4 is 28.9 Å². The second-order valence-electron chi connectivity index (χ2n) is 3.72. The third-order valence-corrected chi connectivity index (χ3v) is 3.06. The summed E-state index contributed by atoms with van der Waals surface area (Å²) in [7, 11) is 0. The number of halogens is 2. The van der Waals surface area contributed by atoms with Gasteiger partial charge in [-0.15, -0.1) is 11.6 Å². The molecule has 0 aliphatic rings. The molecule has 0 radical (unpaired) electrons. The molecule has 0 saturated carbocycles. The van der Waals surface area contributed by atoms with Gasteiger partial charge in [0.25, 0.3) is 5.69 Å². The molecule has 0 fully saturated rings. The molecule has 0 bridgehead atoms. The Balaban J connectivity index is 2.35. The predicted octanol–water partition coefficient (Wildman–Crippen LogP) is 4.78. The fourth-order valence-corrected chi connectivity index (χ4v) is 1.91. The van der Waals surface area contributed by atoms with Gasteiger partial charge in [-0.3, -0.25) is 10.1 Å². The van der Waals surface area contributed by atoms with E-state index in [2.05, 4.69) is 0 Å². The van der Waals surface area contributed by atoms with Crippen molar-refractivity contribution in [1.82, 2.24) is 0 Å². The molecule has 0 amide bonds. The summed E-state index contributed by atoms with van der Waals surface area (Å²) in [4.78, 5) is 10.2. The summed E-state index contributed by atoms with van der Waals surface area (Å²) in [6.45, 7) is 0. The molecular weight excluding hydrogens is 289 g/mol. The number of para-hydroxylation sites is 1. The van der Waals surface area contributed by atoms with Gasteiger partial charge in [-0.1, -0.05) is 23.7 Å². The van der Waals surface area contributed by atoms with Crippen LogP contribution in [0.3, 0.4) is 0 Å². The third kappa shape index (κ3) is 3.16. The predicted molar refractivity (Wildman–Crippen MR) is 74.2 cm³/mol. The van der Waals surface area contributed by atoms with Gasteiger partial charge >= 0.3 is 0 Å². The van der Waals surface area contributed by atoms with Gasteiger partial charge in [0.1, 0.15) is 11.5 Å². The smallest absolute Gasteiger partial charge is 0.270 e. The Kier molecular flexibility index (Phi) is 4.24. The Hall–Kier alpha value is -1.78. The average Bonchev–Trinajstić information content (AvgIpc) is 2.41. The summed E-state index contributed by atoms with van der Waals surface area (Å²) in [6.07, 6.45) is 0. The SMILES string of the molecule is O=[N+]([O-])c1ccc(Oc2ccccc2Cl)c(CCl)c1. The summed E-state index contributed by atoms with van der Waals surface area (Å²) < 4.78 is 5.63. The number of ether oxygens (including phenoxy) is 1. The van der Waals surface area contributed by atoms with E-state index in [4.69, 9.17) is 27.9 Å². The minimum atomic E-state index is -0.477.